The maximum atomic E-state index is 9.89. The number of allylic oxidation sites excluding steroid dienone is 8. The van der Waals surface area contributed by atoms with Crippen molar-refractivity contribution in [3.05, 3.63) is 88.2 Å². The van der Waals surface area contributed by atoms with Gasteiger partial charge in [-0.25, -0.2) is 0 Å². The Kier molecular flexibility index (Phi) is 8.86. The third-order valence-electron chi connectivity index (χ3n) is 9.63. The van der Waals surface area contributed by atoms with Crippen molar-refractivity contribution < 1.29 is 23.9 Å². The molecular weight excluding hydrogens is 548 g/mol. The lowest BCUT2D eigenvalue weighted by Gasteiger charge is -2.26. The van der Waals surface area contributed by atoms with E-state index in [0.717, 1.165) is 66.5 Å². The van der Waals surface area contributed by atoms with E-state index in [4.69, 9.17) is 14.2 Å². The van der Waals surface area contributed by atoms with Gasteiger partial charge < -0.3 is 24.2 Å². The Labute approximate surface area is 263 Å². The Bertz CT molecular complexity index is 1600. The van der Waals surface area contributed by atoms with Crippen LogP contribution in [0, 0.1) is 0 Å². The average molecular weight is 598 g/mol. The molecule has 2 aromatic rings. The molecule has 0 spiro atoms. The zero-order chi connectivity index (χ0) is 31.8. The van der Waals surface area contributed by atoms with E-state index >= 15 is 0 Å². The molecule has 1 N–H and O–H groups in total. The standard InChI is InChI=1S/C38H49N2O4/c1-10-39-33(37(3,4)29-20-27(24-41)21-31(43-8)35(29)39)17-15-25-13-12-14-26(19-25)16-18-34-38(5,6)30-22-28(42-7)23-32(44-9)36(30)40(34)11-2/h15-23,41H,10-14,24H2,1-9H3/q+1. The number of likely N-dealkylation sites (N-methyl/N-ethyl adjacent to an activating group) is 1. The van der Waals surface area contributed by atoms with Crippen LogP contribution >= 0.6 is 0 Å². The molecule has 3 aliphatic rings. The van der Waals surface area contributed by atoms with Crippen LogP contribution in [0.25, 0.3) is 0 Å². The minimum atomic E-state index is -0.213. The number of hydrogen-bond acceptors (Lipinski definition) is 5. The summed E-state index contributed by atoms with van der Waals surface area (Å²) in [6.45, 7) is 15.2. The van der Waals surface area contributed by atoms with Crippen LogP contribution in [0.2, 0.25) is 0 Å². The van der Waals surface area contributed by atoms with E-state index in [1.165, 1.54) is 33.7 Å². The highest BCUT2D eigenvalue weighted by Crippen LogP contribution is 2.53. The van der Waals surface area contributed by atoms with Gasteiger partial charge in [-0.1, -0.05) is 32.1 Å². The maximum absolute atomic E-state index is 9.89. The van der Waals surface area contributed by atoms with Crippen molar-refractivity contribution in [1.29, 1.82) is 0 Å². The summed E-state index contributed by atoms with van der Waals surface area (Å²) in [7, 11) is 5.14. The van der Waals surface area contributed by atoms with Gasteiger partial charge in [0.1, 0.15) is 18.0 Å². The zero-order valence-electron chi connectivity index (χ0n) is 28.0. The van der Waals surface area contributed by atoms with Crippen molar-refractivity contribution in [3.63, 3.8) is 0 Å². The second kappa shape index (κ2) is 12.3. The van der Waals surface area contributed by atoms with Gasteiger partial charge in [-0.3, -0.25) is 0 Å². The van der Waals surface area contributed by atoms with Gasteiger partial charge in [-0.05, 0) is 93.5 Å². The van der Waals surface area contributed by atoms with Gasteiger partial charge in [0.05, 0.1) is 39.0 Å². The molecule has 2 aliphatic heterocycles. The number of aliphatic hydroxyl groups excluding tert-OH is 1. The van der Waals surface area contributed by atoms with E-state index in [2.05, 4.69) is 93.5 Å². The number of anilines is 1. The monoisotopic (exact) mass is 597 g/mol. The maximum Gasteiger partial charge on any atom is 0.252 e. The highest BCUT2D eigenvalue weighted by Gasteiger charge is 2.46. The van der Waals surface area contributed by atoms with Crippen LogP contribution in [0.15, 0.2) is 71.5 Å². The third-order valence-corrected chi connectivity index (χ3v) is 9.63. The predicted octanol–water partition coefficient (Wildman–Crippen LogP) is 7.90. The van der Waals surface area contributed by atoms with Gasteiger partial charge in [0.2, 0.25) is 0 Å². The lowest BCUT2D eigenvalue weighted by atomic mass is 9.80. The summed E-state index contributed by atoms with van der Waals surface area (Å²) < 4.78 is 19.6. The molecule has 0 unspecified atom stereocenters. The van der Waals surface area contributed by atoms with Crippen LogP contribution in [-0.4, -0.2) is 49.8 Å². The first kappa shape index (κ1) is 31.6. The van der Waals surface area contributed by atoms with Crippen molar-refractivity contribution >= 4 is 17.1 Å². The molecule has 0 radical (unpaired) electrons. The molecule has 0 saturated heterocycles. The third kappa shape index (κ3) is 5.27. The first-order chi connectivity index (χ1) is 21.0. The smallest absolute Gasteiger partial charge is 0.252 e. The van der Waals surface area contributed by atoms with Gasteiger partial charge in [0, 0.05) is 35.4 Å². The molecule has 0 atom stereocenters. The lowest BCUT2D eigenvalue weighted by Crippen LogP contribution is -2.27. The molecule has 2 heterocycles. The van der Waals surface area contributed by atoms with Gasteiger partial charge in [-0.15, -0.1) is 0 Å². The first-order valence-electron chi connectivity index (χ1n) is 15.9. The molecule has 6 heteroatoms. The average Bonchev–Trinajstić information content (AvgIpc) is 3.39. The summed E-state index contributed by atoms with van der Waals surface area (Å²) in [5.41, 5.74) is 10.3. The van der Waals surface area contributed by atoms with Crippen LogP contribution in [0.5, 0.6) is 17.2 Å². The number of aliphatic hydroxyl groups is 1. The van der Waals surface area contributed by atoms with Crippen molar-refractivity contribution in [2.24, 2.45) is 0 Å². The number of rotatable bonds is 9. The van der Waals surface area contributed by atoms with Gasteiger partial charge in [0.25, 0.3) is 5.69 Å². The topological polar surface area (TPSA) is 54.2 Å². The van der Waals surface area contributed by atoms with E-state index in [0.29, 0.717) is 0 Å². The van der Waals surface area contributed by atoms with Crippen LogP contribution in [0.1, 0.15) is 77.5 Å². The van der Waals surface area contributed by atoms with Crippen LogP contribution in [-0.2, 0) is 17.4 Å². The van der Waals surface area contributed by atoms with Gasteiger partial charge in [-0.2, -0.15) is 4.58 Å². The lowest BCUT2D eigenvalue weighted by molar-refractivity contribution is -0.433. The van der Waals surface area contributed by atoms with Crippen LogP contribution in [0.4, 0.5) is 11.4 Å². The molecule has 0 bridgehead atoms. The SMILES string of the molecule is CCN1C(=CC=C2C=C(C=CC3=[N+](CC)c4c(OC)cc(CO)cc4C3(C)C)CCC2)C(C)(C)c2cc(OC)cc(OC)c21. The Morgan fingerprint density at radius 1 is 0.864 bits per heavy atom. The molecule has 2 aromatic carbocycles. The highest BCUT2D eigenvalue weighted by molar-refractivity contribution is 6.04. The zero-order valence-corrected chi connectivity index (χ0v) is 28.0. The van der Waals surface area contributed by atoms with E-state index in [-0.39, 0.29) is 17.4 Å². The summed E-state index contributed by atoms with van der Waals surface area (Å²) in [4.78, 5) is 2.38. The molecule has 1 aliphatic carbocycles. The molecule has 44 heavy (non-hydrogen) atoms. The Hall–Kier alpha value is -3.77. The summed E-state index contributed by atoms with van der Waals surface area (Å²) >= 11 is 0. The van der Waals surface area contributed by atoms with Crippen molar-refractivity contribution in [3.8, 4) is 17.2 Å². The second-order valence-electron chi connectivity index (χ2n) is 12.9. The number of benzene rings is 2. The van der Waals surface area contributed by atoms with E-state index in [9.17, 15) is 5.11 Å². The van der Waals surface area contributed by atoms with Gasteiger partial charge >= 0.3 is 0 Å². The van der Waals surface area contributed by atoms with Crippen molar-refractivity contribution in [2.45, 2.75) is 78.2 Å². The fourth-order valence-electron chi connectivity index (χ4n) is 7.24. The van der Waals surface area contributed by atoms with E-state index < -0.39 is 0 Å². The minimum absolute atomic E-state index is 0.00377. The number of ether oxygens (including phenoxy) is 3. The number of methoxy groups -OCH3 is 3. The summed E-state index contributed by atoms with van der Waals surface area (Å²) in [5, 5.41) is 9.89. The second-order valence-corrected chi connectivity index (χ2v) is 12.9. The molecule has 0 aromatic heterocycles. The molecule has 234 valence electrons. The Morgan fingerprint density at radius 2 is 1.61 bits per heavy atom. The largest absolute Gasteiger partial charge is 0.497 e. The van der Waals surface area contributed by atoms with Crippen LogP contribution in [0.3, 0.4) is 0 Å². The molecule has 0 fully saturated rings. The van der Waals surface area contributed by atoms with Crippen LogP contribution < -0.4 is 19.1 Å². The Balaban J connectivity index is 1.48. The van der Waals surface area contributed by atoms with Gasteiger partial charge in [0.15, 0.2) is 11.5 Å². The molecule has 0 saturated carbocycles. The molecule has 6 nitrogen and oxygen atoms in total. The summed E-state index contributed by atoms with van der Waals surface area (Å²) in [6, 6.07) is 8.21. The van der Waals surface area contributed by atoms with Crippen molar-refractivity contribution in [2.75, 3.05) is 39.3 Å². The molecular formula is C38H49N2O4+. The van der Waals surface area contributed by atoms with E-state index in [1.807, 2.05) is 12.1 Å². The number of hydrogen-bond donors (Lipinski definition) is 1. The fourth-order valence-corrected chi connectivity index (χ4v) is 7.24. The van der Waals surface area contributed by atoms with Crippen molar-refractivity contribution in [1.82, 2.24) is 0 Å². The summed E-state index contributed by atoms with van der Waals surface area (Å²) in [5.74, 6) is 2.47. The van der Waals surface area contributed by atoms with E-state index in [1.54, 1.807) is 21.3 Å². The molecule has 0 amide bonds. The molecule has 5 rings (SSSR count). The number of fused-ring (bicyclic) bond motifs is 2. The highest BCUT2D eigenvalue weighted by atomic mass is 16.5. The summed E-state index contributed by atoms with van der Waals surface area (Å²) in [6.07, 6.45) is 14.8. The predicted molar refractivity (Wildman–Crippen MR) is 180 cm³/mol. The minimum Gasteiger partial charge on any atom is -0.497 e. The Morgan fingerprint density at radius 3 is 2.25 bits per heavy atom. The number of nitrogens with zero attached hydrogens (tertiary/aromatic N) is 2. The first-order valence-corrected chi connectivity index (χ1v) is 15.9. The fraction of sp³-hybridized carbons (Fsp3) is 0.447. The normalized spacial score (nSPS) is 20.4. The quantitative estimate of drug-likeness (QED) is 0.298.